The second-order valence-corrected chi connectivity index (χ2v) is 9.93. The number of thioether (sulfide) groups is 1. The van der Waals surface area contributed by atoms with E-state index in [0.717, 1.165) is 10.5 Å². The van der Waals surface area contributed by atoms with Crippen molar-refractivity contribution in [1.29, 1.82) is 0 Å². The van der Waals surface area contributed by atoms with Gasteiger partial charge in [-0.3, -0.25) is 4.79 Å². The highest BCUT2D eigenvalue weighted by atomic mass is 32.2. The first-order valence-electron chi connectivity index (χ1n) is 10.4. The van der Waals surface area contributed by atoms with Crippen LogP contribution in [-0.2, 0) is 23.7 Å². The summed E-state index contributed by atoms with van der Waals surface area (Å²) >= 11 is 1.39. The van der Waals surface area contributed by atoms with Crippen molar-refractivity contribution in [2.24, 2.45) is 5.41 Å². The molecule has 0 spiro atoms. The molecule has 31 heavy (non-hydrogen) atoms. The standard InChI is InChI=1S/C24H28O6S/c1-24(2,3)23(26)30-20-18(25)22(31-16-12-8-5-9-13-16)28-17-14-27-21(29-19(17)20)15-10-6-4-7-11-15/h4-13,17-22,25H,14H2,1-3H3/t17-,18-,19-,20-,21?,22+/m1/s1. The Morgan fingerprint density at radius 1 is 1.03 bits per heavy atom. The van der Waals surface area contributed by atoms with Gasteiger partial charge in [0.15, 0.2) is 12.4 Å². The third-order valence-corrected chi connectivity index (χ3v) is 6.40. The van der Waals surface area contributed by atoms with Crippen molar-refractivity contribution in [3.63, 3.8) is 0 Å². The van der Waals surface area contributed by atoms with Crippen LogP contribution < -0.4 is 0 Å². The first-order chi connectivity index (χ1) is 14.8. The van der Waals surface area contributed by atoms with Crippen LogP contribution >= 0.6 is 11.8 Å². The second kappa shape index (κ2) is 9.30. The number of ether oxygens (including phenoxy) is 4. The van der Waals surface area contributed by atoms with E-state index in [1.54, 1.807) is 20.8 Å². The molecule has 2 aliphatic heterocycles. The predicted molar refractivity (Wildman–Crippen MR) is 116 cm³/mol. The fraction of sp³-hybridized carbons (Fsp3) is 0.458. The Morgan fingerprint density at radius 2 is 1.68 bits per heavy atom. The molecule has 1 N–H and O–H groups in total. The Labute approximate surface area is 186 Å². The van der Waals surface area contributed by atoms with Crippen LogP contribution in [0, 0.1) is 5.41 Å². The lowest BCUT2D eigenvalue weighted by molar-refractivity contribution is -0.320. The summed E-state index contributed by atoms with van der Waals surface area (Å²) in [4.78, 5) is 13.7. The van der Waals surface area contributed by atoms with Gasteiger partial charge in [0.2, 0.25) is 0 Å². The maximum Gasteiger partial charge on any atom is 0.311 e. The van der Waals surface area contributed by atoms with Gasteiger partial charge < -0.3 is 24.1 Å². The zero-order valence-corrected chi connectivity index (χ0v) is 18.7. The van der Waals surface area contributed by atoms with E-state index >= 15 is 0 Å². The molecule has 2 fully saturated rings. The van der Waals surface area contributed by atoms with E-state index in [9.17, 15) is 9.90 Å². The van der Waals surface area contributed by atoms with Gasteiger partial charge in [0, 0.05) is 10.5 Å². The highest BCUT2D eigenvalue weighted by Gasteiger charge is 2.52. The number of carbonyl (C=O) groups is 1. The minimum Gasteiger partial charge on any atom is -0.456 e. The predicted octanol–water partition coefficient (Wildman–Crippen LogP) is 3.94. The average Bonchev–Trinajstić information content (AvgIpc) is 2.77. The summed E-state index contributed by atoms with van der Waals surface area (Å²) in [6.07, 6.45) is -3.67. The largest absolute Gasteiger partial charge is 0.456 e. The Balaban J connectivity index is 1.57. The molecule has 0 radical (unpaired) electrons. The van der Waals surface area contributed by atoms with Crippen molar-refractivity contribution in [2.75, 3.05) is 6.61 Å². The van der Waals surface area contributed by atoms with E-state index in [1.165, 1.54) is 11.8 Å². The smallest absolute Gasteiger partial charge is 0.311 e. The number of fused-ring (bicyclic) bond motifs is 1. The number of carbonyl (C=O) groups excluding carboxylic acids is 1. The van der Waals surface area contributed by atoms with Gasteiger partial charge in [0.25, 0.3) is 0 Å². The quantitative estimate of drug-likeness (QED) is 0.716. The molecule has 2 saturated heterocycles. The number of aliphatic hydroxyl groups excluding tert-OH is 1. The fourth-order valence-corrected chi connectivity index (χ4v) is 4.58. The summed E-state index contributed by atoms with van der Waals surface area (Å²) in [5.74, 6) is -0.396. The van der Waals surface area contributed by atoms with Crippen molar-refractivity contribution < 1.29 is 28.8 Å². The summed E-state index contributed by atoms with van der Waals surface area (Å²) in [6, 6.07) is 19.2. The second-order valence-electron chi connectivity index (χ2n) is 8.76. The fourth-order valence-electron chi connectivity index (χ4n) is 3.51. The molecule has 0 aliphatic carbocycles. The van der Waals surface area contributed by atoms with E-state index in [0.29, 0.717) is 0 Å². The van der Waals surface area contributed by atoms with Crippen molar-refractivity contribution in [3.8, 4) is 0 Å². The maximum atomic E-state index is 12.7. The molecule has 4 rings (SSSR count). The minimum atomic E-state index is -1.06. The molecule has 6 nitrogen and oxygen atoms in total. The normalized spacial score (nSPS) is 31.0. The molecular weight excluding hydrogens is 416 g/mol. The summed E-state index contributed by atoms with van der Waals surface area (Å²) in [5, 5.41) is 11.2. The molecule has 2 heterocycles. The van der Waals surface area contributed by atoms with Gasteiger partial charge in [-0.2, -0.15) is 0 Å². The molecule has 1 unspecified atom stereocenters. The van der Waals surface area contributed by atoms with Crippen LogP contribution in [0.1, 0.15) is 32.6 Å². The molecule has 2 aromatic rings. The van der Waals surface area contributed by atoms with E-state index in [4.69, 9.17) is 18.9 Å². The summed E-state index contributed by atoms with van der Waals surface area (Å²) in [6.45, 7) is 5.62. The van der Waals surface area contributed by atoms with E-state index in [1.807, 2.05) is 60.7 Å². The molecule has 6 atom stereocenters. The van der Waals surface area contributed by atoms with Crippen LogP contribution in [-0.4, -0.2) is 47.5 Å². The zero-order chi connectivity index (χ0) is 22.0. The zero-order valence-electron chi connectivity index (χ0n) is 17.8. The summed E-state index contributed by atoms with van der Waals surface area (Å²) in [7, 11) is 0. The Kier molecular flexibility index (Phi) is 6.69. The van der Waals surface area contributed by atoms with E-state index < -0.39 is 47.5 Å². The Morgan fingerprint density at radius 3 is 2.32 bits per heavy atom. The number of hydrogen-bond donors (Lipinski definition) is 1. The van der Waals surface area contributed by atoms with Gasteiger partial charge in [-0.05, 0) is 32.9 Å². The lowest BCUT2D eigenvalue weighted by Crippen LogP contribution is -2.62. The topological polar surface area (TPSA) is 74.2 Å². The van der Waals surface area contributed by atoms with E-state index in [2.05, 4.69) is 0 Å². The molecule has 0 aromatic heterocycles. The first kappa shape index (κ1) is 22.3. The molecule has 0 bridgehead atoms. The lowest BCUT2D eigenvalue weighted by atomic mass is 9.95. The number of esters is 1. The van der Waals surface area contributed by atoms with Crippen LogP contribution in [0.15, 0.2) is 65.6 Å². The highest BCUT2D eigenvalue weighted by Crippen LogP contribution is 2.40. The number of aliphatic hydroxyl groups is 1. The summed E-state index contributed by atoms with van der Waals surface area (Å²) in [5.41, 5.74) is -0.474. The van der Waals surface area contributed by atoms with E-state index in [-0.39, 0.29) is 6.61 Å². The third kappa shape index (κ3) is 5.13. The lowest BCUT2D eigenvalue weighted by Gasteiger charge is -2.47. The highest BCUT2D eigenvalue weighted by molar-refractivity contribution is 7.99. The average molecular weight is 445 g/mol. The molecule has 0 amide bonds. The van der Waals surface area contributed by atoms with Gasteiger partial charge in [-0.1, -0.05) is 60.3 Å². The SMILES string of the molecule is CC(C)(C)C(=O)O[C@@H]1[C@@H](O)[C@H](Sc2ccccc2)O[C@@H]2COC(c3ccccc3)O[C@@H]12. The van der Waals surface area contributed by atoms with Crippen molar-refractivity contribution >= 4 is 17.7 Å². The van der Waals surface area contributed by atoms with Crippen LogP contribution in [0.5, 0.6) is 0 Å². The van der Waals surface area contributed by atoms with Gasteiger partial charge in [0.05, 0.1) is 12.0 Å². The molecular formula is C24H28O6S. The first-order valence-corrected chi connectivity index (χ1v) is 11.3. The monoisotopic (exact) mass is 444 g/mol. The minimum absolute atomic E-state index is 0.270. The number of benzene rings is 2. The van der Waals surface area contributed by atoms with Gasteiger partial charge >= 0.3 is 5.97 Å². The Hall–Kier alpha value is -1.90. The third-order valence-electron chi connectivity index (χ3n) is 5.23. The van der Waals surface area contributed by atoms with Gasteiger partial charge in [0.1, 0.15) is 23.7 Å². The number of hydrogen-bond acceptors (Lipinski definition) is 7. The van der Waals surface area contributed by atoms with Crippen LogP contribution in [0.3, 0.4) is 0 Å². The Bertz CT molecular complexity index is 869. The van der Waals surface area contributed by atoms with Crippen molar-refractivity contribution in [3.05, 3.63) is 66.2 Å². The maximum absolute atomic E-state index is 12.7. The van der Waals surface area contributed by atoms with Crippen LogP contribution in [0.25, 0.3) is 0 Å². The molecule has 0 saturated carbocycles. The number of rotatable bonds is 4. The summed E-state index contributed by atoms with van der Waals surface area (Å²) < 4.78 is 24.1. The van der Waals surface area contributed by atoms with Crippen molar-refractivity contribution in [1.82, 2.24) is 0 Å². The molecule has 166 valence electrons. The van der Waals surface area contributed by atoms with Crippen LogP contribution in [0.2, 0.25) is 0 Å². The van der Waals surface area contributed by atoms with Crippen LogP contribution in [0.4, 0.5) is 0 Å². The van der Waals surface area contributed by atoms with Crippen molar-refractivity contribution in [2.45, 2.75) is 61.8 Å². The van der Waals surface area contributed by atoms with Gasteiger partial charge in [-0.15, -0.1) is 0 Å². The van der Waals surface area contributed by atoms with Gasteiger partial charge in [-0.25, -0.2) is 0 Å². The molecule has 2 aromatic carbocycles. The molecule has 7 heteroatoms. The molecule has 2 aliphatic rings.